The van der Waals surface area contributed by atoms with Gasteiger partial charge in [0.2, 0.25) is 0 Å². The SMILES string of the molecule is COc1cc(C(=O)N2CCc3[nH]nc(-c4cccc(Cl)c4)c3C2)c([N+](=O)[O-])cc1OC. The first kappa shape index (κ1) is 20.7. The summed E-state index contributed by atoms with van der Waals surface area (Å²) in [5, 5.41) is 19.6. The Hall–Kier alpha value is -3.59. The van der Waals surface area contributed by atoms with E-state index in [0.717, 1.165) is 16.8 Å². The number of amides is 1. The van der Waals surface area contributed by atoms with Crippen molar-refractivity contribution in [2.45, 2.75) is 13.0 Å². The van der Waals surface area contributed by atoms with Crippen LogP contribution in [0.3, 0.4) is 0 Å². The van der Waals surface area contributed by atoms with Gasteiger partial charge in [0.1, 0.15) is 5.56 Å². The first-order valence-corrected chi connectivity index (χ1v) is 9.82. The predicted molar refractivity (Wildman–Crippen MR) is 114 cm³/mol. The van der Waals surface area contributed by atoms with E-state index in [9.17, 15) is 14.9 Å². The van der Waals surface area contributed by atoms with Crippen molar-refractivity contribution in [1.29, 1.82) is 0 Å². The minimum atomic E-state index is -0.597. The van der Waals surface area contributed by atoms with E-state index >= 15 is 0 Å². The molecule has 0 radical (unpaired) electrons. The molecule has 0 unspecified atom stereocenters. The van der Waals surface area contributed by atoms with E-state index in [0.29, 0.717) is 23.7 Å². The van der Waals surface area contributed by atoms with E-state index in [1.807, 2.05) is 12.1 Å². The van der Waals surface area contributed by atoms with Gasteiger partial charge in [0.05, 0.1) is 30.9 Å². The van der Waals surface area contributed by atoms with Gasteiger partial charge in [-0.3, -0.25) is 20.0 Å². The molecule has 4 rings (SSSR count). The maximum atomic E-state index is 13.3. The molecule has 1 aromatic heterocycles. The van der Waals surface area contributed by atoms with E-state index in [1.54, 1.807) is 17.0 Å². The summed E-state index contributed by atoms with van der Waals surface area (Å²) in [6.45, 7) is 0.659. The van der Waals surface area contributed by atoms with Gasteiger partial charge >= 0.3 is 0 Å². The molecule has 0 bridgehead atoms. The summed E-state index contributed by atoms with van der Waals surface area (Å²) < 4.78 is 10.4. The van der Waals surface area contributed by atoms with Crippen LogP contribution < -0.4 is 9.47 Å². The Morgan fingerprint density at radius 2 is 1.97 bits per heavy atom. The van der Waals surface area contributed by atoms with Crippen molar-refractivity contribution in [2.75, 3.05) is 20.8 Å². The number of carbonyl (C=O) groups excluding carboxylic acids is 1. The molecule has 10 heteroatoms. The Bertz CT molecular complexity index is 1180. The molecule has 31 heavy (non-hydrogen) atoms. The first-order valence-electron chi connectivity index (χ1n) is 9.44. The Labute approximate surface area is 182 Å². The molecule has 3 aromatic rings. The van der Waals surface area contributed by atoms with E-state index in [2.05, 4.69) is 10.2 Å². The molecule has 2 aromatic carbocycles. The average Bonchev–Trinajstić information content (AvgIpc) is 3.20. The number of nitro groups is 1. The van der Waals surface area contributed by atoms with Gasteiger partial charge < -0.3 is 14.4 Å². The smallest absolute Gasteiger partial charge is 0.286 e. The number of nitro benzene ring substituents is 1. The summed E-state index contributed by atoms with van der Waals surface area (Å²) in [4.78, 5) is 25.9. The number of hydrogen-bond donors (Lipinski definition) is 1. The Balaban J connectivity index is 1.70. The molecule has 0 aliphatic carbocycles. The molecular formula is C21H19ClN4O5. The molecule has 0 fully saturated rings. The lowest BCUT2D eigenvalue weighted by Crippen LogP contribution is -2.36. The first-order chi connectivity index (χ1) is 14.9. The van der Waals surface area contributed by atoms with Crippen LogP contribution in [0, 0.1) is 10.1 Å². The Kier molecular flexibility index (Phi) is 5.51. The van der Waals surface area contributed by atoms with Crippen molar-refractivity contribution in [2.24, 2.45) is 0 Å². The van der Waals surface area contributed by atoms with Crippen molar-refractivity contribution in [3.63, 3.8) is 0 Å². The van der Waals surface area contributed by atoms with Gasteiger partial charge in [0.25, 0.3) is 11.6 Å². The Morgan fingerprint density at radius 1 is 1.23 bits per heavy atom. The number of H-pyrrole nitrogens is 1. The largest absolute Gasteiger partial charge is 0.493 e. The number of hydrogen-bond acceptors (Lipinski definition) is 6. The highest BCUT2D eigenvalue weighted by atomic mass is 35.5. The summed E-state index contributed by atoms with van der Waals surface area (Å²) in [5.41, 5.74) is 2.94. The topological polar surface area (TPSA) is 111 Å². The zero-order chi connectivity index (χ0) is 22.1. The van der Waals surface area contributed by atoms with Crippen molar-refractivity contribution in [3.8, 4) is 22.8 Å². The third-order valence-electron chi connectivity index (χ3n) is 5.25. The highest BCUT2D eigenvalue weighted by Gasteiger charge is 2.31. The highest BCUT2D eigenvalue weighted by Crippen LogP contribution is 2.36. The quantitative estimate of drug-likeness (QED) is 0.474. The van der Waals surface area contributed by atoms with Crippen LogP contribution in [0.2, 0.25) is 5.02 Å². The number of aromatic amines is 1. The number of fused-ring (bicyclic) bond motifs is 1. The molecule has 1 amide bonds. The molecule has 1 N–H and O–H groups in total. The minimum Gasteiger partial charge on any atom is -0.493 e. The maximum absolute atomic E-state index is 13.3. The molecule has 0 saturated carbocycles. The minimum absolute atomic E-state index is 0.0566. The van der Waals surface area contributed by atoms with Gasteiger partial charge in [-0.15, -0.1) is 0 Å². The van der Waals surface area contributed by atoms with Crippen molar-refractivity contribution >= 4 is 23.2 Å². The molecule has 0 spiro atoms. The van der Waals surface area contributed by atoms with Crippen molar-refractivity contribution < 1.29 is 19.2 Å². The van der Waals surface area contributed by atoms with Gasteiger partial charge in [0.15, 0.2) is 11.5 Å². The van der Waals surface area contributed by atoms with Gasteiger partial charge in [-0.1, -0.05) is 23.7 Å². The van der Waals surface area contributed by atoms with Crippen LogP contribution in [0.1, 0.15) is 21.6 Å². The van der Waals surface area contributed by atoms with E-state index in [4.69, 9.17) is 21.1 Å². The number of benzene rings is 2. The normalized spacial score (nSPS) is 12.9. The lowest BCUT2D eigenvalue weighted by Gasteiger charge is -2.27. The number of nitrogens with zero attached hydrogens (tertiary/aromatic N) is 3. The zero-order valence-corrected chi connectivity index (χ0v) is 17.6. The van der Waals surface area contributed by atoms with Crippen LogP contribution in [0.25, 0.3) is 11.3 Å². The fourth-order valence-electron chi connectivity index (χ4n) is 3.70. The molecule has 0 saturated heterocycles. The second kappa shape index (κ2) is 8.27. The summed E-state index contributed by atoms with van der Waals surface area (Å²) >= 11 is 6.12. The number of nitrogens with one attached hydrogen (secondary N) is 1. The lowest BCUT2D eigenvalue weighted by atomic mass is 10.00. The number of ether oxygens (including phenoxy) is 2. The van der Waals surface area contributed by atoms with Crippen LogP contribution in [-0.4, -0.2) is 46.7 Å². The Morgan fingerprint density at radius 3 is 2.65 bits per heavy atom. The second-order valence-corrected chi connectivity index (χ2v) is 7.43. The van der Waals surface area contributed by atoms with E-state index < -0.39 is 10.8 Å². The van der Waals surface area contributed by atoms with Gasteiger partial charge in [-0.25, -0.2) is 0 Å². The molecule has 0 atom stereocenters. The van der Waals surface area contributed by atoms with Crippen molar-refractivity contribution in [1.82, 2.24) is 15.1 Å². The monoisotopic (exact) mass is 442 g/mol. The summed E-state index contributed by atoms with van der Waals surface area (Å²) in [6, 6.07) is 9.85. The van der Waals surface area contributed by atoms with Crippen LogP contribution in [0.4, 0.5) is 5.69 Å². The molecular weight excluding hydrogens is 424 g/mol. The summed E-state index contributed by atoms with van der Waals surface area (Å²) in [6.07, 6.45) is 0.551. The number of halogens is 1. The highest BCUT2D eigenvalue weighted by molar-refractivity contribution is 6.30. The number of methoxy groups -OCH3 is 2. The van der Waals surface area contributed by atoms with Crippen molar-refractivity contribution in [3.05, 3.63) is 68.4 Å². The molecule has 2 heterocycles. The van der Waals surface area contributed by atoms with Gasteiger partial charge in [-0.05, 0) is 12.1 Å². The average molecular weight is 443 g/mol. The standard InChI is InChI=1S/C21H19ClN4O5/c1-30-18-9-14(17(26(28)29)10-19(18)31-2)21(27)25-7-6-16-15(11-25)20(24-23-16)12-4-3-5-13(22)8-12/h3-5,8-10H,6-7,11H2,1-2H3,(H,23,24). The van der Waals surface area contributed by atoms with E-state index in [1.165, 1.54) is 26.4 Å². The van der Waals surface area contributed by atoms with Crippen LogP contribution in [0.15, 0.2) is 36.4 Å². The summed E-state index contributed by atoms with van der Waals surface area (Å²) in [7, 11) is 2.79. The number of aromatic nitrogens is 2. The fraction of sp³-hybridized carbons (Fsp3) is 0.238. The third kappa shape index (κ3) is 3.79. The molecule has 1 aliphatic rings. The third-order valence-corrected chi connectivity index (χ3v) is 5.48. The number of rotatable bonds is 5. The number of carbonyl (C=O) groups is 1. The van der Waals surface area contributed by atoms with E-state index in [-0.39, 0.29) is 29.3 Å². The predicted octanol–water partition coefficient (Wildman–Crippen LogP) is 3.85. The lowest BCUT2D eigenvalue weighted by molar-refractivity contribution is -0.385. The zero-order valence-electron chi connectivity index (χ0n) is 16.8. The molecule has 9 nitrogen and oxygen atoms in total. The van der Waals surface area contributed by atoms with Crippen LogP contribution in [-0.2, 0) is 13.0 Å². The van der Waals surface area contributed by atoms with Crippen LogP contribution in [0.5, 0.6) is 11.5 Å². The summed E-state index contributed by atoms with van der Waals surface area (Å²) in [5.74, 6) is -0.0293. The van der Waals surface area contributed by atoms with Gasteiger partial charge in [-0.2, -0.15) is 5.10 Å². The fourth-order valence-corrected chi connectivity index (χ4v) is 3.89. The van der Waals surface area contributed by atoms with Gasteiger partial charge in [0, 0.05) is 47.4 Å². The maximum Gasteiger partial charge on any atom is 0.286 e. The molecule has 160 valence electrons. The van der Waals surface area contributed by atoms with Crippen LogP contribution >= 0.6 is 11.6 Å². The second-order valence-electron chi connectivity index (χ2n) is 7.00. The molecule has 1 aliphatic heterocycles.